The first-order valence-corrected chi connectivity index (χ1v) is 12.1. The highest BCUT2D eigenvalue weighted by molar-refractivity contribution is 7.91. The fourth-order valence-corrected chi connectivity index (χ4v) is 5.41. The van der Waals surface area contributed by atoms with Gasteiger partial charge in [-0.2, -0.15) is 0 Å². The molecule has 1 heterocycles. The summed E-state index contributed by atoms with van der Waals surface area (Å²) in [5.41, 5.74) is 1.03. The van der Waals surface area contributed by atoms with Crippen molar-refractivity contribution in [3.05, 3.63) is 30.3 Å². The molecule has 0 bridgehead atoms. The third kappa shape index (κ3) is 3.93. The second-order valence-electron chi connectivity index (χ2n) is 7.96. The summed E-state index contributed by atoms with van der Waals surface area (Å²) < 4.78 is 31.4. The van der Waals surface area contributed by atoms with E-state index in [9.17, 15) is 8.42 Å². The van der Waals surface area contributed by atoms with Crippen LogP contribution in [0.1, 0.15) is 51.4 Å². The van der Waals surface area contributed by atoms with Crippen molar-refractivity contribution >= 4 is 26.3 Å². The van der Waals surface area contributed by atoms with Crippen molar-refractivity contribution < 1.29 is 13.2 Å². The minimum atomic E-state index is -3.32. The molecule has 4 nitrogen and oxygen atoms in total. The highest BCUT2D eigenvalue weighted by Crippen LogP contribution is 2.39. The smallest absolute Gasteiger partial charge is 0.176 e. The number of ether oxygens (including phenoxy) is 1. The molecule has 2 aromatic rings. The molecule has 1 aliphatic heterocycles. The minimum absolute atomic E-state index is 0.240. The summed E-state index contributed by atoms with van der Waals surface area (Å²) in [4.78, 5) is 2.75. The van der Waals surface area contributed by atoms with Gasteiger partial charge < -0.3 is 9.64 Å². The fourth-order valence-electron chi connectivity index (χ4n) is 4.50. The van der Waals surface area contributed by atoms with Crippen LogP contribution in [0, 0.1) is 0 Å². The van der Waals surface area contributed by atoms with E-state index in [0.717, 1.165) is 61.0 Å². The highest BCUT2D eigenvalue weighted by atomic mass is 32.2. The molecular weight excluding hydrogens is 358 g/mol. The molecule has 27 heavy (non-hydrogen) atoms. The fraction of sp³-hybridized carbons (Fsp3) is 0.545. The zero-order valence-corrected chi connectivity index (χ0v) is 16.9. The predicted octanol–water partition coefficient (Wildman–Crippen LogP) is 4.95. The Hall–Kier alpha value is -1.75. The number of hydrogen-bond donors (Lipinski definition) is 0. The van der Waals surface area contributed by atoms with Crippen LogP contribution in [0.4, 0.5) is 5.69 Å². The summed E-state index contributed by atoms with van der Waals surface area (Å²) in [6, 6.07) is 9.70. The van der Waals surface area contributed by atoms with Crippen molar-refractivity contribution in [1.29, 1.82) is 0 Å². The standard InChI is InChI=1S/C22H29NO3S/c1-27(24,25)21-12-8-11-18-20(26-17-9-4-2-5-10-17)14-13-19(22(18)21)23-15-6-3-7-16-23/h8,11-14,17H,2-7,9-10,15-16H2,1H3. The summed E-state index contributed by atoms with van der Waals surface area (Å²) in [6.07, 6.45) is 11.0. The molecule has 0 aromatic heterocycles. The molecule has 0 atom stereocenters. The first-order chi connectivity index (χ1) is 13.0. The molecule has 0 amide bonds. The SMILES string of the molecule is CS(=O)(=O)c1cccc2c(OC3CCCCC3)ccc(N3CCCCC3)c12. The third-order valence-corrected chi connectivity index (χ3v) is 7.02. The van der Waals surface area contributed by atoms with E-state index in [2.05, 4.69) is 11.0 Å². The van der Waals surface area contributed by atoms with E-state index in [4.69, 9.17) is 4.74 Å². The lowest BCUT2D eigenvalue weighted by Gasteiger charge is -2.31. The van der Waals surface area contributed by atoms with Crippen molar-refractivity contribution in [1.82, 2.24) is 0 Å². The Bertz CT molecular complexity index is 911. The van der Waals surface area contributed by atoms with Gasteiger partial charge in [0.1, 0.15) is 5.75 Å². The average Bonchev–Trinajstić information content (AvgIpc) is 2.68. The summed E-state index contributed by atoms with van der Waals surface area (Å²) in [5, 5.41) is 1.75. The molecule has 0 radical (unpaired) electrons. The van der Waals surface area contributed by atoms with Gasteiger partial charge in [-0.1, -0.05) is 18.6 Å². The third-order valence-electron chi connectivity index (χ3n) is 5.88. The van der Waals surface area contributed by atoms with Crippen LogP contribution in [-0.4, -0.2) is 33.9 Å². The number of hydrogen-bond acceptors (Lipinski definition) is 4. The lowest BCUT2D eigenvalue weighted by atomic mass is 9.97. The number of benzene rings is 2. The molecule has 2 aromatic carbocycles. The monoisotopic (exact) mass is 387 g/mol. The van der Waals surface area contributed by atoms with Gasteiger partial charge in [-0.25, -0.2) is 8.42 Å². The average molecular weight is 388 g/mol. The maximum absolute atomic E-state index is 12.5. The largest absolute Gasteiger partial charge is 0.490 e. The summed E-state index contributed by atoms with van der Waals surface area (Å²) in [7, 11) is -3.32. The van der Waals surface area contributed by atoms with E-state index in [1.165, 1.54) is 31.9 Å². The maximum atomic E-state index is 12.5. The van der Waals surface area contributed by atoms with E-state index >= 15 is 0 Å². The van der Waals surface area contributed by atoms with Gasteiger partial charge in [-0.3, -0.25) is 0 Å². The Morgan fingerprint density at radius 2 is 1.63 bits per heavy atom. The lowest BCUT2D eigenvalue weighted by Crippen LogP contribution is -2.29. The molecule has 0 N–H and O–H groups in total. The second kappa shape index (κ2) is 7.70. The van der Waals surface area contributed by atoms with Crippen LogP contribution >= 0.6 is 0 Å². The van der Waals surface area contributed by atoms with Crippen LogP contribution in [0.25, 0.3) is 10.8 Å². The molecule has 5 heteroatoms. The van der Waals surface area contributed by atoms with Crippen molar-refractivity contribution in [2.24, 2.45) is 0 Å². The topological polar surface area (TPSA) is 46.6 Å². The molecule has 0 unspecified atom stereocenters. The number of rotatable bonds is 4. The van der Waals surface area contributed by atoms with Crippen LogP contribution in [0.3, 0.4) is 0 Å². The van der Waals surface area contributed by atoms with Gasteiger partial charge in [-0.15, -0.1) is 0 Å². The number of anilines is 1. The second-order valence-corrected chi connectivity index (χ2v) is 9.94. The summed E-state index contributed by atoms with van der Waals surface area (Å²) in [6.45, 7) is 1.96. The first-order valence-electron chi connectivity index (χ1n) is 10.2. The molecule has 4 rings (SSSR count). The van der Waals surface area contributed by atoms with Crippen molar-refractivity contribution in [3.8, 4) is 5.75 Å². The predicted molar refractivity (Wildman–Crippen MR) is 111 cm³/mol. The van der Waals surface area contributed by atoms with Crippen LogP contribution in [0.15, 0.2) is 35.2 Å². The lowest BCUT2D eigenvalue weighted by molar-refractivity contribution is 0.157. The van der Waals surface area contributed by atoms with E-state index in [1.54, 1.807) is 6.07 Å². The normalized spacial score (nSPS) is 19.4. The zero-order chi connectivity index (χ0) is 18.9. The van der Waals surface area contributed by atoms with E-state index in [1.807, 2.05) is 18.2 Å². The highest BCUT2D eigenvalue weighted by Gasteiger charge is 2.23. The number of fused-ring (bicyclic) bond motifs is 1. The Morgan fingerprint density at radius 1 is 0.926 bits per heavy atom. The molecule has 1 saturated heterocycles. The van der Waals surface area contributed by atoms with Gasteiger partial charge >= 0.3 is 0 Å². The van der Waals surface area contributed by atoms with Crippen LogP contribution in [-0.2, 0) is 9.84 Å². The number of nitrogens with zero attached hydrogens (tertiary/aromatic N) is 1. The molecular formula is C22H29NO3S. The van der Waals surface area contributed by atoms with Gasteiger partial charge in [0.15, 0.2) is 9.84 Å². The quantitative estimate of drug-likeness (QED) is 0.745. The zero-order valence-electron chi connectivity index (χ0n) is 16.1. The Balaban J connectivity index is 1.84. The molecule has 0 spiro atoms. The van der Waals surface area contributed by atoms with Gasteiger partial charge in [-0.05, 0) is 63.1 Å². The number of piperidine rings is 1. The molecule has 2 fully saturated rings. The van der Waals surface area contributed by atoms with Gasteiger partial charge in [0.05, 0.1) is 11.0 Å². The minimum Gasteiger partial charge on any atom is -0.490 e. The van der Waals surface area contributed by atoms with Crippen LogP contribution in [0.5, 0.6) is 5.75 Å². The van der Waals surface area contributed by atoms with Crippen molar-refractivity contribution in [2.75, 3.05) is 24.2 Å². The maximum Gasteiger partial charge on any atom is 0.176 e. The van der Waals surface area contributed by atoms with Crippen molar-refractivity contribution in [3.63, 3.8) is 0 Å². The number of sulfone groups is 1. The van der Waals surface area contributed by atoms with E-state index in [0.29, 0.717) is 4.90 Å². The first kappa shape index (κ1) is 18.6. The van der Waals surface area contributed by atoms with Crippen LogP contribution in [0.2, 0.25) is 0 Å². The Kier molecular flexibility index (Phi) is 5.31. The Labute approximate surface area is 162 Å². The molecule has 1 aliphatic carbocycles. The van der Waals surface area contributed by atoms with E-state index < -0.39 is 9.84 Å². The van der Waals surface area contributed by atoms with Crippen LogP contribution < -0.4 is 9.64 Å². The summed E-state index contributed by atoms with van der Waals surface area (Å²) in [5.74, 6) is 0.822. The van der Waals surface area contributed by atoms with E-state index in [-0.39, 0.29) is 6.10 Å². The van der Waals surface area contributed by atoms with Gasteiger partial charge in [0.2, 0.25) is 0 Å². The van der Waals surface area contributed by atoms with Gasteiger partial charge in [0.25, 0.3) is 0 Å². The molecule has 2 aliphatic rings. The molecule has 1 saturated carbocycles. The summed E-state index contributed by atoms with van der Waals surface area (Å²) >= 11 is 0. The van der Waals surface area contributed by atoms with Gasteiger partial charge in [0, 0.05) is 35.8 Å². The Morgan fingerprint density at radius 3 is 2.33 bits per heavy atom. The van der Waals surface area contributed by atoms with Crippen molar-refractivity contribution in [2.45, 2.75) is 62.4 Å². The molecule has 146 valence electrons.